The van der Waals surface area contributed by atoms with Gasteiger partial charge < -0.3 is 14.9 Å². The minimum atomic E-state index is -1.69. The molecule has 2 atom stereocenters. The third-order valence-corrected chi connectivity index (χ3v) is 3.67. The minimum Gasteiger partial charge on any atom is -0.479 e. The van der Waals surface area contributed by atoms with Crippen LogP contribution in [0.5, 0.6) is 0 Å². The molecule has 2 N–H and O–H groups in total. The summed E-state index contributed by atoms with van der Waals surface area (Å²) in [6.07, 6.45) is -3.13. The quantitative estimate of drug-likeness (QED) is 0.746. The van der Waals surface area contributed by atoms with E-state index >= 15 is 0 Å². The molecule has 0 aromatic rings. The highest BCUT2D eigenvalue weighted by atomic mass is 19.1. The molecule has 2 rings (SSSR count). The molecule has 2 saturated heterocycles. The van der Waals surface area contributed by atoms with Crippen molar-refractivity contribution in [1.29, 1.82) is 0 Å². The average Bonchev–Trinajstić information content (AvgIpc) is 2.69. The fourth-order valence-corrected chi connectivity index (χ4v) is 2.72. The largest absolute Gasteiger partial charge is 0.479 e. The summed E-state index contributed by atoms with van der Waals surface area (Å²) in [7, 11) is 0. The van der Waals surface area contributed by atoms with Crippen LogP contribution in [0, 0.1) is 0 Å². The lowest BCUT2D eigenvalue weighted by Crippen LogP contribution is -2.60. The minimum absolute atomic E-state index is 0.00157. The van der Waals surface area contributed by atoms with Crippen molar-refractivity contribution < 1.29 is 28.9 Å². The summed E-state index contributed by atoms with van der Waals surface area (Å²) >= 11 is 0. The van der Waals surface area contributed by atoms with E-state index in [2.05, 4.69) is 0 Å². The van der Waals surface area contributed by atoms with Crippen LogP contribution in [0.4, 0.5) is 9.18 Å². The van der Waals surface area contributed by atoms with Gasteiger partial charge in [-0.3, -0.25) is 9.80 Å². The number of carbonyl (C=O) groups is 2. The first kappa shape index (κ1) is 14.0. The first-order valence-electron chi connectivity index (χ1n) is 6.14. The van der Waals surface area contributed by atoms with E-state index in [0.29, 0.717) is 26.3 Å². The number of hydrogen-bond donors (Lipinski definition) is 2. The molecule has 0 saturated carbocycles. The van der Waals surface area contributed by atoms with E-state index in [0.717, 1.165) is 4.90 Å². The van der Waals surface area contributed by atoms with Gasteiger partial charge in [0.15, 0.2) is 5.54 Å². The van der Waals surface area contributed by atoms with Gasteiger partial charge in [-0.05, 0) is 0 Å². The van der Waals surface area contributed by atoms with Crippen LogP contribution in [-0.4, -0.2) is 83.2 Å². The molecular formula is C11H17FN2O5. The van der Waals surface area contributed by atoms with E-state index in [1.807, 2.05) is 4.90 Å². The smallest absolute Gasteiger partial charge is 0.408 e. The number of ether oxygens (including phenoxy) is 1. The molecule has 0 aromatic heterocycles. The first-order valence-corrected chi connectivity index (χ1v) is 6.14. The van der Waals surface area contributed by atoms with E-state index in [9.17, 15) is 19.1 Å². The lowest BCUT2D eigenvalue weighted by atomic mass is 9.95. The summed E-state index contributed by atoms with van der Waals surface area (Å²) in [5.41, 5.74) is -1.69. The van der Waals surface area contributed by atoms with Crippen LogP contribution < -0.4 is 0 Å². The molecular weight excluding hydrogens is 259 g/mol. The van der Waals surface area contributed by atoms with Crippen molar-refractivity contribution >= 4 is 12.1 Å². The summed E-state index contributed by atoms with van der Waals surface area (Å²) in [5.74, 6) is -1.29. The van der Waals surface area contributed by atoms with E-state index < -0.39 is 23.8 Å². The van der Waals surface area contributed by atoms with Crippen molar-refractivity contribution in [2.24, 2.45) is 0 Å². The Kier molecular flexibility index (Phi) is 3.91. The van der Waals surface area contributed by atoms with Gasteiger partial charge in [0.05, 0.1) is 19.8 Å². The number of carboxylic acid groups (broad SMARTS) is 2. The second kappa shape index (κ2) is 5.30. The maximum atomic E-state index is 13.5. The Bertz CT molecular complexity index is 374. The van der Waals surface area contributed by atoms with Crippen LogP contribution in [0.1, 0.15) is 6.42 Å². The van der Waals surface area contributed by atoms with Gasteiger partial charge in [0.25, 0.3) is 0 Å². The fraction of sp³-hybridized carbons (Fsp3) is 0.818. The summed E-state index contributed by atoms with van der Waals surface area (Å²) in [6.45, 7) is 1.62. The molecule has 2 fully saturated rings. The first-order chi connectivity index (χ1) is 8.95. The maximum Gasteiger partial charge on any atom is 0.408 e. The van der Waals surface area contributed by atoms with E-state index in [1.165, 1.54) is 0 Å². The lowest BCUT2D eigenvalue weighted by molar-refractivity contribution is -0.150. The molecule has 2 aliphatic rings. The zero-order chi connectivity index (χ0) is 14.0. The SMILES string of the molecule is O=C(O)N1C[C@H](F)C[C@]1(CN1CCOCC1)C(=O)O. The van der Waals surface area contributed by atoms with E-state index in [1.54, 1.807) is 0 Å². The number of alkyl halides is 1. The Hall–Kier alpha value is -1.41. The molecule has 0 bridgehead atoms. The number of hydrogen-bond acceptors (Lipinski definition) is 4. The molecule has 108 valence electrons. The third kappa shape index (κ3) is 2.64. The van der Waals surface area contributed by atoms with Crippen molar-refractivity contribution in [2.75, 3.05) is 39.4 Å². The van der Waals surface area contributed by atoms with Gasteiger partial charge in [-0.2, -0.15) is 0 Å². The van der Waals surface area contributed by atoms with Gasteiger partial charge >= 0.3 is 12.1 Å². The number of morpholine rings is 1. The van der Waals surface area contributed by atoms with Gasteiger partial charge in [-0.1, -0.05) is 0 Å². The highest BCUT2D eigenvalue weighted by Crippen LogP contribution is 2.33. The van der Waals surface area contributed by atoms with E-state index in [-0.39, 0.29) is 19.5 Å². The molecule has 19 heavy (non-hydrogen) atoms. The number of nitrogens with zero attached hydrogens (tertiary/aromatic N) is 2. The second-order valence-electron chi connectivity index (χ2n) is 4.92. The molecule has 0 radical (unpaired) electrons. The molecule has 0 aromatic carbocycles. The molecule has 2 aliphatic heterocycles. The summed E-state index contributed by atoms with van der Waals surface area (Å²) in [4.78, 5) is 25.2. The fourth-order valence-electron chi connectivity index (χ4n) is 2.72. The number of likely N-dealkylation sites (tertiary alicyclic amines) is 1. The number of carboxylic acids is 1. The average molecular weight is 276 g/mol. The Morgan fingerprint density at radius 1 is 1.32 bits per heavy atom. The highest BCUT2D eigenvalue weighted by molar-refractivity contribution is 5.85. The monoisotopic (exact) mass is 276 g/mol. The number of halogens is 1. The van der Waals surface area contributed by atoms with Crippen molar-refractivity contribution in [2.45, 2.75) is 18.1 Å². The Morgan fingerprint density at radius 2 is 1.95 bits per heavy atom. The van der Waals surface area contributed by atoms with Crippen LogP contribution in [0.25, 0.3) is 0 Å². The number of aliphatic carboxylic acids is 1. The van der Waals surface area contributed by atoms with Crippen LogP contribution in [0.3, 0.4) is 0 Å². The third-order valence-electron chi connectivity index (χ3n) is 3.67. The second-order valence-corrected chi connectivity index (χ2v) is 4.92. The number of rotatable bonds is 3. The lowest BCUT2D eigenvalue weighted by Gasteiger charge is -2.38. The van der Waals surface area contributed by atoms with Crippen LogP contribution in [-0.2, 0) is 9.53 Å². The van der Waals surface area contributed by atoms with Crippen molar-refractivity contribution in [1.82, 2.24) is 9.80 Å². The predicted octanol–water partition coefficient (Wildman–Crippen LogP) is -0.136. The Morgan fingerprint density at radius 3 is 2.47 bits per heavy atom. The van der Waals surface area contributed by atoms with Crippen molar-refractivity contribution in [3.63, 3.8) is 0 Å². The van der Waals surface area contributed by atoms with E-state index in [4.69, 9.17) is 9.84 Å². The molecule has 0 unspecified atom stereocenters. The molecule has 8 heteroatoms. The molecule has 2 heterocycles. The zero-order valence-corrected chi connectivity index (χ0v) is 10.4. The molecule has 1 amide bonds. The summed E-state index contributed by atoms with van der Waals surface area (Å²) in [6, 6.07) is 0. The summed E-state index contributed by atoms with van der Waals surface area (Å²) in [5, 5.41) is 18.5. The zero-order valence-electron chi connectivity index (χ0n) is 10.4. The molecule has 7 nitrogen and oxygen atoms in total. The van der Waals surface area contributed by atoms with Crippen LogP contribution in [0.15, 0.2) is 0 Å². The van der Waals surface area contributed by atoms with Crippen molar-refractivity contribution in [3.05, 3.63) is 0 Å². The highest BCUT2D eigenvalue weighted by Gasteiger charge is 2.55. The normalized spacial score (nSPS) is 32.5. The Balaban J connectivity index is 2.20. The van der Waals surface area contributed by atoms with Crippen molar-refractivity contribution in [3.8, 4) is 0 Å². The topological polar surface area (TPSA) is 90.3 Å². The van der Waals surface area contributed by atoms with Crippen LogP contribution >= 0.6 is 0 Å². The van der Waals surface area contributed by atoms with Gasteiger partial charge in [0, 0.05) is 26.1 Å². The van der Waals surface area contributed by atoms with Crippen LogP contribution in [0.2, 0.25) is 0 Å². The Labute approximate surface area is 109 Å². The van der Waals surface area contributed by atoms with Gasteiger partial charge in [0.1, 0.15) is 6.17 Å². The molecule has 0 spiro atoms. The maximum absolute atomic E-state index is 13.5. The van der Waals surface area contributed by atoms with Gasteiger partial charge in [-0.15, -0.1) is 0 Å². The van der Waals surface area contributed by atoms with Gasteiger partial charge in [-0.25, -0.2) is 14.0 Å². The molecule has 0 aliphatic carbocycles. The summed E-state index contributed by atoms with van der Waals surface area (Å²) < 4.78 is 18.7. The van der Waals surface area contributed by atoms with Gasteiger partial charge in [0.2, 0.25) is 0 Å². The predicted molar refractivity (Wildman–Crippen MR) is 61.9 cm³/mol. The standard InChI is InChI=1S/C11H17FN2O5/c12-8-5-11(9(15)16,14(6-8)10(17)18)7-13-1-3-19-4-2-13/h8H,1-7H2,(H,15,16)(H,17,18)/t8-,11+/m1/s1. The number of amides is 1.